The minimum atomic E-state index is -1.35. The summed E-state index contributed by atoms with van der Waals surface area (Å²) in [6.45, 7) is 0. The Kier molecular flexibility index (Phi) is 7.72. The van der Waals surface area contributed by atoms with Crippen molar-refractivity contribution in [1.29, 1.82) is 0 Å². The standard InChI is InChI=1S/C26H24F2N2O6/c27-17-5-1-15(2-6-17)23(25(33)29-19-9-10-19)35-21(31)13-14-22(32)36-24(26(34)30-20-11-12-20)16-3-7-18(28)8-4-16/h1-8,13-14,19-20,23-24H,9-12H2,(H,29,33)(H,30,34)/b14-13+. The molecule has 2 amide bonds. The molecule has 10 heteroatoms. The van der Waals surface area contributed by atoms with Crippen molar-refractivity contribution < 1.29 is 37.4 Å². The number of carbonyl (C=O) groups excluding carboxylic acids is 4. The highest BCUT2D eigenvalue weighted by atomic mass is 19.1. The van der Waals surface area contributed by atoms with Crippen molar-refractivity contribution in [2.75, 3.05) is 0 Å². The van der Waals surface area contributed by atoms with E-state index in [2.05, 4.69) is 10.6 Å². The van der Waals surface area contributed by atoms with Crippen molar-refractivity contribution in [3.05, 3.63) is 83.4 Å². The van der Waals surface area contributed by atoms with E-state index in [4.69, 9.17) is 9.47 Å². The number of nitrogens with one attached hydrogen (secondary N) is 2. The average Bonchev–Trinajstić information content (AvgIpc) is 3.78. The van der Waals surface area contributed by atoms with Crippen LogP contribution in [-0.2, 0) is 28.7 Å². The Bertz CT molecular complexity index is 1070. The highest BCUT2D eigenvalue weighted by Gasteiger charge is 2.32. The lowest BCUT2D eigenvalue weighted by molar-refractivity contribution is -0.153. The van der Waals surface area contributed by atoms with Gasteiger partial charge >= 0.3 is 11.9 Å². The van der Waals surface area contributed by atoms with Crippen LogP contribution in [0.4, 0.5) is 8.78 Å². The summed E-state index contributed by atoms with van der Waals surface area (Å²) >= 11 is 0. The molecule has 0 saturated heterocycles. The molecular formula is C26H24F2N2O6. The highest BCUT2D eigenvalue weighted by molar-refractivity contribution is 5.95. The second-order valence-electron chi connectivity index (χ2n) is 8.64. The quantitative estimate of drug-likeness (QED) is 0.385. The molecule has 8 nitrogen and oxygen atoms in total. The van der Waals surface area contributed by atoms with E-state index in [1.807, 2.05) is 0 Å². The summed E-state index contributed by atoms with van der Waals surface area (Å²) in [6, 6.07) is 9.82. The number of hydrogen-bond acceptors (Lipinski definition) is 6. The maximum absolute atomic E-state index is 13.3. The Balaban J connectivity index is 1.41. The van der Waals surface area contributed by atoms with E-state index in [9.17, 15) is 28.0 Å². The van der Waals surface area contributed by atoms with Gasteiger partial charge in [-0.3, -0.25) is 9.59 Å². The molecule has 2 unspecified atom stereocenters. The molecular weight excluding hydrogens is 474 g/mol. The third-order valence-corrected chi connectivity index (χ3v) is 5.49. The summed E-state index contributed by atoms with van der Waals surface area (Å²) in [6.07, 6.45) is 2.08. The fourth-order valence-electron chi connectivity index (χ4n) is 3.28. The summed E-state index contributed by atoms with van der Waals surface area (Å²) in [5, 5.41) is 5.44. The predicted molar refractivity (Wildman–Crippen MR) is 122 cm³/mol. The van der Waals surface area contributed by atoms with Gasteiger partial charge in [-0.1, -0.05) is 24.3 Å². The van der Waals surface area contributed by atoms with Gasteiger partial charge in [-0.2, -0.15) is 0 Å². The molecule has 2 atom stereocenters. The second kappa shape index (κ2) is 11.1. The van der Waals surface area contributed by atoms with Crippen molar-refractivity contribution in [3.63, 3.8) is 0 Å². The zero-order chi connectivity index (χ0) is 25.7. The average molecular weight is 498 g/mol. The fourth-order valence-corrected chi connectivity index (χ4v) is 3.28. The molecule has 188 valence electrons. The minimum Gasteiger partial charge on any atom is -0.444 e. The van der Waals surface area contributed by atoms with Crippen molar-refractivity contribution in [3.8, 4) is 0 Å². The molecule has 0 spiro atoms. The summed E-state index contributed by atoms with van der Waals surface area (Å²) in [5.41, 5.74) is 0.513. The molecule has 2 aliphatic carbocycles. The Morgan fingerprint density at radius 2 is 1.00 bits per heavy atom. The van der Waals surface area contributed by atoms with Gasteiger partial charge in [0.25, 0.3) is 11.8 Å². The van der Waals surface area contributed by atoms with Crippen molar-refractivity contribution in [2.24, 2.45) is 0 Å². The second-order valence-corrected chi connectivity index (χ2v) is 8.64. The lowest BCUT2D eigenvalue weighted by Gasteiger charge is -2.18. The van der Waals surface area contributed by atoms with Crippen LogP contribution >= 0.6 is 0 Å². The van der Waals surface area contributed by atoms with Crippen LogP contribution in [0, 0.1) is 11.6 Å². The molecule has 0 aromatic heterocycles. The third kappa shape index (κ3) is 7.21. The van der Waals surface area contributed by atoms with Crippen LogP contribution < -0.4 is 10.6 Å². The van der Waals surface area contributed by atoms with Gasteiger partial charge in [0.05, 0.1) is 0 Å². The topological polar surface area (TPSA) is 111 Å². The van der Waals surface area contributed by atoms with Crippen LogP contribution in [0.5, 0.6) is 0 Å². The van der Waals surface area contributed by atoms with E-state index in [1.165, 1.54) is 24.3 Å². The Morgan fingerprint density at radius 1 is 0.667 bits per heavy atom. The number of rotatable bonds is 10. The van der Waals surface area contributed by atoms with Crippen molar-refractivity contribution >= 4 is 23.8 Å². The maximum Gasteiger partial charge on any atom is 0.332 e. The third-order valence-electron chi connectivity index (χ3n) is 5.49. The molecule has 4 rings (SSSR count). The van der Waals surface area contributed by atoms with Gasteiger partial charge in [0.1, 0.15) is 11.6 Å². The first-order valence-corrected chi connectivity index (χ1v) is 11.5. The van der Waals surface area contributed by atoms with Gasteiger partial charge < -0.3 is 20.1 Å². The number of hydrogen-bond donors (Lipinski definition) is 2. The van der Waals surface area contributed by atoms with E-state index < -0.39 is 47.6 Å². The first-order valence-electron chi connectivity index (χ1n) is 11.5. The molecule has 2 fully saturated rings. The molecule has 2 saturated carbocycles. The number of amides is 2. The largest absolute Gasteiger partial charge is 0.444 e. The zero-order valence-electron chi connectivity index (χ0n) is 19.1. The molecule has 2 aliphatic rings. The number of esters is 2. The Hall–Kier alpha value is -4.08. The lowest BCUT2D eigenvalue weighted by atomic mass is 10.1. The zero-order valence-corrected chi connectivity index (χ0v) is 19.1. The number of ether oxygens (including phenoxy) is 2. The number of halogens is 2. The van der Waals surface area contributed by atoms with Crippen molar-refractivity contribution in [2.45, 2.75) is 50.0 Å². The van der Waals surface area contributed by atoms with E-state index in [1.54, 1.807) is 0 Å². The molecule has 0 bridgehead atoms. The number of benzene rings is 2. The van der Waals surface area contributed by atoms with E-state index in [-0.39, 0.29) is 23.2 Å². The molecule has 2 N–H and O–H groups in total. The molecule has 36 heavy (non-hydrogen) atoms. The van der Waals surface area contributed by atoms with Crippen LogP contribution in [-0.4, -0.2) is 35.8 Å². The summed E-state index contributed by atoms with van der Waals surface area (Å²) in [4.78, 5) is 49.9. The predicted octanol–water partition coefficient (Wildman–Crippen LogP) is 2.95. The minimum absolute atomic E-state index is 0.00477. The van der Waals surface area contributed by atoms with Gasteiger partial charge in [0, 0.05) is 35.4 Å². The molecule has 2 aromatic rings. The van der Waals surface area contributed by atoms with Crippen LogP contribution in [0.2, 0.25) is 0 Å². The summed E-state index contributed by atoms with van der Waals surface area (Å²) < 4.78 is 37.1. The van der Waals surface area contributed by atoms with Gasteiger partial charge in [-0.05, 0) is 49.9 Å². The van der Waals surface area contributed by atoms with E-state index in [0.717, 1.165) is 62.1 Å². The summed E-state index contributed by atoms with van der Waals surface area (Å²) in [7, 11) is 0. The van der Waals surface area contributed by atoms with Crippen LogP contribution in [0.25, 0.3) is 0 Å². The lowest BCUT2D eigenvalue weighted by Crippen LogP contribution is -2.33. The van der Waals surface area contributed by atoms with Gasteiger partial charge in [-0.25, -0.2) is 18.4 Å². The normalized spacial score (nSPS) is 16.6. The van der Waals surface area contributed by atoms with Crippen LogP contribution in [0.15, 0.2) is 60.7 Å². The fraction of sp³-hybridized carbons (Fsp3) is 0.308. The first kappa shape index (κ1) is 25.0. The highest BCUT2D eigenvalue weighted by Crippen LogP contribution is 2.25. The maximum atomic E-state index is 13.3. The SMILES string of the molecule is O=C(/C=C/C(=O)OC(C(=O)NC1CC1)c1ccc(F)cc1)OC(C(=O)NC1CC1)c1ccc(F)cc1. The van der Waals surface area contributed by atoms with Gasteiger partial charge in [0.15, 0.2) is 0 Å². The van der Waals surface area contributed by atoms with Gasteiger partial charge in [-0.15, -0.1) is 0 Å². The molecule has 0 aliphatic heterocycles. The Labute approximate surface area is 205 Å². The van der Waals surface area contributed by atoms with E-state index in [0.29, 0.717) is 0 Å². The van der Waals surface area contributed by atoms with E-state index >= 15 is 0 Å². The number of carbonyl (C=O) groups is 4. The summed E-state index contributed by atoms with van der Waals surface area (Å²) in [5.74, 6) is -4.21. The molecule has 2 aromatic carbocycles. The van der Waals surface area contributed by atoms with Crippen LogP contribution in [0.1, 0.15) is 49.0 Å². The van der Waals surface area contributed by atoms with Gasteiger partial charge in [0.2, 0.25) is 12.2 Å². The van der Waals surface area contributed by atoms with Crippen molar-refractivity contribution in [1.82, 2.24) is 10.6 Å². The first-order chi connectivity index (χ1) is 17.3. The van der Waals surface area contributed by atoms with Crippen LogP contribution in [0.3, 0.4) is 0 Å². The smallest absolute Gasteiger partial charge is 0.332 e. The molecule has 0 radical (unpaired) electrons. The molecule has 0 heterocycles. The Morgan fingerprint density at radius 3 is 1.31 bits per heavy atom. The monoisotopic (exact) mass is 498 g/mol.